The molecular weight excluding hydrogens is 389 g/mol. The molecular formula is C24H48NNaO4. The van der Waals surface area contributed by atoms with Crippen molar-refractivity contribution in [1.29, 1.82) is 5.41 Å². The van der Waals surface area contributed by atoms with E-state index in [4.69, 9.17) is 15.6 Å². The summed E-state index contributed by atoms with van der Waals surface area (Å²) in [7, 11) is 0. The number of carboxylic acids is 2. The predicted octanol–water partition coefficient (Wildman–Crippen LogP) is 6.99. The number of nitrogens with one attached hydrogen (secondary N) is 1. The second-order valence-corrected chi connectivity index (χ2v) is 7.35. The number of allylic oxidation sites excluding steroid dienone is 1. The van der Waals surface area contributed by atoms with Crippen molar-refractivity contribution in [3.63, 3.8) is 0 Å². The second-order valence-electron chi connectivity index (χ2n) is 7.35. The maximum absolute atomic E-state index is 9.47. The zero-order chi connectivity index (χ0) is 22.8. The van der Waals surface area contributed by atoms with Gasteiger partial charge in [-0.1, -0.05) is 103 Å². The molecule has 0 rings (SSSR count). The van der Waals surface area contributed by atoms with Crippen molar-refractivity contribution in [1.82, 2.24) is 0 Å². The summed E-state index contributed by atoms with van der Waals surface area (Å²) in [5, 5.41) is 21.8. The van der Waals surface area contributed by atoms with Gasteiger partial charge in [0.15, 0.2) is 0 Å². The molecule has 0 aliphatic carbocycles. The van der Waals surface area contributed by atoms with E-state index in [0.717, 1.165) is 0 Å². The first kappa shape index (κ1) is 36.7. The van der Waals surface area contributed by atoms with Crippen LogP contribution in [0.3, 0.4) is 0 Å². The van der Waals surface area contributed by atoms with Crippen molar-refractivity contribution in [2.24, 2.45) is 0 Å². The second kappa shape index (κ2) is 33.0. The number of carbonyl (C=O) groups is 2. The Balaban J connectivity index is -0.000000232. The van der Waals surface area contributed by atoms with E-state index < -0.39 is 11.9 Å². The zero-order valence-corrected chi connectivity index (χ0v) is 19.3. The van der Waals surface area contributed by atoms with Gasteiger partial charge in [-0.25, -0.2) is 4.79 Å². The third-order valence-electron chi connectivity index (χ3n) is 4.39. The molecule has 0 spiro atoms. The van der Waals surface area contributed by atoms with Crippen LogP contribution in [0.5, 0.6) is 0 Å². The molecule has 0 fully saturated rings. The van der Waals surface area contributed by atoms with Crippen LogP contribution in [-0.4, -0.2) is 57.4 Å². The molecule has 0 saturated heterocycles. The molecule has 0 aromatic carbocycles. The van der Waals surface area contributed by atoms with Crippen molar-refractivity contribution in [2.75, 3.05) is 0 Å². The molecule has 6 heteroatoms. The zero-order valence-electron chi connectivity index (χ0n) is 19.3. The summed E-state index contributed by atoms with van der Waals surface area (Å²) in [6.45, 7) is 8.87. The summed E-state index contributed by atoms with van der Waals surface area (Å²) in [5.41, 5.74) is -0.324. The Kier molecular flexibility index (Phi) is 40.4. The fraction of sp³-hybridized carbons (Fsp3) is 0.792. The molecule has 0 amide bonds. The normalized spacial score (nSPS) is 9.17. The van der Waals surface area contributed by atoms with Crippen molar-refractivity contribution in [2.45, 2.75) is 124 Å². The third-order valence-corrected chi connectivity index (χ3v) is 4.39. The van der Waals surface area contributed by atoms with Gasteiger partial charge in [0, 0.05) is 6.42 Å². The predicted molar refractivity (Wildman–Crippen MR) is 131 cm³/mol. The van der Waals surface area contributed by atoms with E-state index in [1.165, 1.54) is 103 Å². The van der Waals surface area contributed by atoms with E-state index in [1.54, 1.807) is 6.92 Å². The molecule has 5 nitrogen and oxygen atoms in total. The summed E-state index contributed by atoms with van der Waals surface area (Å²) < 4.78 is 0. The molecule has 0 heterocycles. The first-order valence-corrected chi connectivity index (χ1v) is 11.4. The summed E-state index contributed by atoms with van der Waals surface area (Å²) in [5.74, 6) is -1.90. The number of unbranched alkanes of at least 4 members (excludes halogenated alkanes) is 14. The molecule has 0 saturated carbocycles. The quantitative estimate of drug-likeness (QED) is 0.0988. The van der Waals surface area contributed by atoms with Crippen molar-refractivity contribution in [3.05, 3.63) is 12.7 Å². The van der Waals surface area contributed by atoms with Crippen molar-refractivity contribution in [3.8, 4) is 0 Å². The van der Waals surface area contributed by atoms with Crippen molar-refractivity contribution >= 4 is 47.2 Å². The van der Waals surface area contributed by atoms with Crippen LogP contribution in [0, 0.1) is 5.41 Å². The van der Waals surface area contributed by atoms with E-state index in [2.05, 4.69) is 13.5 Å². The number of hydrogen-bond acceptors (Lipinski definition) is 3. The fourth-order valence-corrected chi connectivity index (χ4v) is 2.48. The van der Waals surface area contributed by atoms with Crippen LogP contribution in [0.4, 0.5) is 0 Å². The van der Waals surface area contributed by atoms with Gasteiger partial charge in [0.2, 0.25) is 0 Å². The Morgan fingerprint density at radius 3 is 1.23 bits per heavy atom. The average molecular weight is 438 g/mol. The number of rotatable bonds is 17. The molecule has 3 N–H and O–H groups in total. The molecule has 174 valence electrons. The van der Waals surface area contributed by atoms with Crippen LogP contribution < -0.4 is 0 Å². The van der Waals surface area contributed by atoms with Gasteiger partial charge in [-0.2, -0.15) is 0 Å². The summed E-state index contributed by atoms with van der Waals surface area (Å²) in [6, 6.07) is 0. The first-order chi connectivity index (χ1) is 13.8. The third kappa shape index (κ3) is 45.9. The van der Waals surface area contributed by atoms with Gasteiger partial charge >= 0.3 is 41.5 Å². The van der Waals surface area contributed by atoms with Gasteiger partial charge in [0.25, 0.3) is 0 Å². The van der Waals surface area contributed by atoms with Gasteiger partial charge in [-0.3, -0.25) is 10.2 Å². The average Bonchev–Trinajstić information content (AvgIpc) is 2.69. The van der Waals surface area contributed by atoms with E-state index >= 15 is 0 Å². The van der Waals surface area contributed by atoms with Crippen LogP contribution >= 0.6 is 0 Å². The molecule has 0 radical (unpaired) electrons. The molecule has 0 bridgehead atoms. The maximum atomic E-state index is 9.47. The Hall–Kier alpha value is -0.650. The summed E-state index contributed by atoms with van der Waals surface area (Å²) >= 11 is 0. The van der Waals surface area contributed by atoms with E-state index in [9.17, 15) is 9.59 Å². The van der Waals surface area contributed by atoms with Crippen LogP contribution in [0.15, 0.2) is 12.7 Å². The molecule has 0 atom stereocenters. The number of aliphatic carboxylic acids is 2. The summed E-state index contributed by atoms with van der Waals surface area (Å²) in [4.78, 5) is 18.8. The SMILES string of the molecule is C=CCCCCCCCCCCCCCCCC.CC(=N)C(=O)O.CCC(=O)O.[NaH]. The van der Waals surface area contributed by atoms with E-state index in [-0.39, 0.29) is 41.7 Å². The summed E-state index contributed by atoms with van der Waals surface area (Å²) in [6.07, 6.45) is 23.7. The standard InChI is InChI=1S/C18H36.C3H5NO2.C3H6O2.Na.H/c1-3-5-7-9-11-13-15-17-18-16-14-12-10-8-6-4-2;1-2(4)3(5)6;1-2-3(4)5;;/h3H,1,4-18H2,2H3;4H,1H3,(H,5,6);2H2,1H3,(H,4,5);;. The topological polar surface area (TPSA) is 98.5 Å². The van der Waals surface area contributed by atoms with E-state index in [0.29, 0.717) is 0 Å². The molecule has 30 heavy (non-hydrogen) atoms. The number of carboxylic acid groups (broad SMARTS) is 2. The Bertz CT molecular complexity index is 389. The Morgan fingerprint density at radius 2 is 1.03 bits per heavy atom. The number of hydrogen-bond donors (Lipinski definition) is 3. The van der Waals surface area contributed by atoms with E-state index in [1.807, 2.05) is 6.08 Å². The van der Waals surface area contributed by atoms with Crippen LogP contribution in [0.1, 0.15) is 124 Å². The van der Waals surface area contributed by atoms with Crippen LogP contribution in [0.2, 0.25) is 0 Å². The molecule has 0 aromatic rings. The minimum absolute atomic E-state index is 0. The van der Waals surface area contributed by atoms with Gasteiger partial charge in [-0.05, 0) is 19.8 Å². The molecule has 0 aromatic heterocycles. The fourth-order valence-electron chi connectivity index (χ4n) is 2.48. The van der Waals surface area contributed by atoms with Crippen molar-refractivity contribution < 1.29 is 19.8 Å². The Morgan fingerprint density at radius 1 is 0.767 bits per heavy atom. The van der Waals surface area contributed by atoms with Gasteiger partial charge in [0.1, 0.15) is 5.71 Å². The van der Waals surface area contributed by atoms with Crippen LogP contribution in [0.25, 0.3) is 0 Å². The van der Waals surface area contributed by atoms with Gasteiger partial charge in [0.05, 0.1) is 0 Å². The first-order valence-electron chi connectivity index (χ1n) is 11.4. The molecule has 0 aliphatic rings. The minimum atomic E-state index is -1.16. The van der Waals surface area contributed by atoms with Gasteiger partial charge in [-0.15, -0.1) is 6.58 Å². The van der Waals surface area contributed by atoms with Gasteiger partial charge < -0.3 is 10.2 Å². The monoisotopic (exact) mass is 437 g/mol. The molecule has 0 aliphatic heterocycles. The Labute approximate surface area is 207 Å². The molecule has 0 unspecified atom stereocenters. The van der Waals surface area contributed by atoms with Crippen LogP contribution in [-0.2, 0) is 9.59 Å².